The topological polar surface area (TPSA) is 0 Å². The molecule has 0 fully saturated rings. The van der Waals surface area contributed by atoms with Gasteiger partial charge in [0.25, 0.3) is 0 Å². The zero-order valence-corrected chi connectivity index (χ0v) is 21.6. The zero-order chi connectivity index (χ0) is 27.5. The lowest BCUT2D eigenvalue weighted by Crippen LogP contribution is -2.32. The molecule has 0 nitrogen and oxygen atoms in total. The maximum absolute atomic E-state index is 15.8. The average molecular weight is 527 g/mol. The number of rotatable bonds is 6. The van der Waals surface area contributed by atoms with E-state index in [1.165, 1.54) is 18.2 Å². The van der Waals surface area contributed by atoms with Gasteiger partial charge in [-0.3, -0.25) is 0 Å². The summed E-state index contributed by atoms with van der Waals surface area (Å²) in [6, 6.07) is 45.1. The van der Waals surface area contributed by atoms with Crippen LogP contribution >= 0.6 is 0 Å². The van der Waals surface area contributed by atoms with E-state index in [9.17, 15) is 8.78 Å². The molecule has 6 rings (SSSR count). The highest BCUT2D eigenvalue weighted by Crippen LogP contribution is 2.47. The Morgan fingerprint density at radius 3 is 1.15 bits per heavy atom. The highest BCUT2D eigenvalue weighted by atomic mass is 19.1. The third-order valence-electron chi connectivity index (χ3n) is 7.49. The second-order valence-electron chi connectivity index (χ2n) is 9.71. The maximum atomic E-state index is 15.8. The van der Waals surface area contributed by atoms with Crippen molar-refractivity contribution in [2.45, 2.75) is 5.41 Å². The summed E-state index contributed by atoms with van der Waals surface area (Å²) < 4.78 is 45.0. The van der Waals surface area contributed by atoms with Crippen molar-refractivity contribution in [1.82, 2.24) is 0 Å². The van der Waals surface area contributed by atoms with Gasteiger partial charge in [0.05, 0.1) is 5.41 Å². The van der Waals surface area contributed by atoms with E-state index in [-0.39, 0.29) is 17.5 Å². The molecule has 6 aromatic carbocycles. The molecule has 0 atom stereocenters. The summed E-state index contributed by atoms with van der Waals surface area (Å²) >= 11 is 0. The van der Waals surface area contributed by atoms with E-state index in [2.05, 4.69) is 0 Å². The Bertz CT molecular complexity index is 1670. The summed E-state index contributed by atoms with van der Waals surface area (Å²) in [4.78, 5) is 0. The summed E-state index contributed by atoms with van der Waals surface area (Å²) in [5.41, 5.74) is 4.42. The summed E-state index contributed by atoms with van der Waals surface area (Å²) in [6.45, 7) is 0. The van der Waals surface area contributed by atoms with Crippen LogP contribution in [0.5, 0.6) is 0 Å². The van der Waals surface area contributed by atoms with Crippen LogP contribution in [-0.4, -0.2) is 0 Å². The fraction of sp³-hybridized carbons (Fsp3) is 0.0270. The molecule has 3 heteroatoms. The molecule has 0 unspecified atom stereocenters. The third kappa shape index (κ3) is 4.40. The lowest BCUT2D eigenvalue weighted by Gasteiger charge is -2.37. The lowest BCUT2D eigenvalue weighted by atomic mass is 9.64. The van der Waals surface area contributed by atoms with Crippen LogP contribution in [0.15, 0.2) is 152 Å². The SMILES string of the molecule is Fc1ccccc1-c1ccc(C(c2ccccc2)(c2ccc(-c3ccccc3F)cc2)c2ccccc2F)cc1. The second kappa shape index (κ2) is 10.7. The van der Waals surface area contributed by atoms with E-state index in [1.807, 2.05) is 84.9 Å². The van der Waals surface area contributed by atoms with E-state index >= 15 is 4.39 Å². The minimum Gasteiger partial charge on any atom is -0.207 e. The van der Waals surface area contributed by atoms with Gasteiger partial charge in [0, 0.05) is 16.7 Å². The zero-order valence-electron chi connectivity index (χ0n) is 21.6. The van der Waals surface area contributed by atoms with E-state index in [4.69, 9.17) is 0 Å². The molecule has 0 aromatic heterocycles. The van der Waals surface area contributed by atoms with Crippen molar-refractivity contribution in [2.75, 3.05) is 0 Å². The number of hydrogen-bond donors (Lipinski definition) is 0. The molecular formula is C37H25F3. The Balaban J connectivity index is 1.61. The van der Waals surface area contributed by atoms with Gasteiger partial charge in [0.15, 0.2) is 0 Å². The third-order valence-corrected chi connectivity index (χ3v) is 7.49. The highest BCUT2D eigenvalue weighted by molar-refractivity contribution is 5.69. The Labute approximate surface area is 232 Å². The van der Waals surface area contributed by atoms with E-state index in [0.717, 1.165) is 27.8 Å². The van der Waals surface area contributed by atoms with Gasteiger partial charge >= 0.3 is 0 Å². The van der Waals surface area contributed by atoms with Crippen molar-refractivity contribution in [3.63, 3.8) is 0 Å². The fourth-order valence-electron chi connectivity index (χ4n) is 5.61. The molecule has 0 bridgehead atoms. The lowest BCUT2D eigenvalue weighted by molar-refractivity contribution is 0.581. The van der Waals surface area contributed by atoms with Crippen LogP contribution in [0.2, 0.25) is 0 Å². The van der Waals surface area contributed by atoms with Crippen molar-refractivity contribution >= 4 is 0 Å². The molecule has 0 amide bonds. The van der Waals surface area contributed by atoms with Crippen LogP contribution in [-0.2, 0) is 5.41 Å². The minimum absolute atomic E-state index is 0.303. The van der Waals surface area contributed by atoms with Crippen LogP contribution in [0, 0.1) is 17.5 Å². The molecule has 0 spiro atoms. The summed E-state index contributed by atoms with van der Waals surface area (Å²) in [5.74, 6) is -0.951. The van der Waals surface area contributed by atoms with Crippen molar-refractivity contribution in [2.24, 2.45) is 0 Å². The Morgan fingerprint density at radius 1 is 0.325 bits per heavy atom. The van der Waals surface area contributed by atoms with Crippen molar-refractivity contribution in [1.29, 1.82) is 0 Å². The first kappa shape index (κ1) is 25.4. The molecule has 0 aliphatic carbocycles. The number of benzene rings is 6. The van der Waals surface area contributed by atoms with E-state index in [0.29, 0.717) is 16.7 Å². The maximum Gasteiger partial charge on any atom is 0.131 e. The quantitative estimate of drug-likeness (QED) is 0.190. The van der Waals surface area contributed by atoms with Gasteiger partial charge in [-0.25, -0.2) is 13.2 Å². The van der Waals surface area contributed by atoms with Gasteiger partial charge in [0.1, 0.15) is 17.5 Å². The summed E-state index contributed by atoms with van der Waals surface area (Å²) in [6.07, 6.45) is 0. The van der Waals surface area contributed by atoms with Gasteiger partial charge in [-0.15, -0.1) is 0 Å². The molecule has 6 aromatic rings. The monoisotopic (exact) mass is 526 g/mol. The van der Waals surface area contributed by atoms with Crippen LogP contribution in [0.4, 0.5) is 13.2 Å². The van der Waals surface area contributed by atoms with Crippen molar-refractivity contribution in [3.05, 3.63) is 191 Å². The molecular weight excluding hydrogens is 501 g/mol. The molecule has 0 aliphatic heterocycles. The molecule has 0 radical (unpaired) electrons. The Hall–Kier alpha value is -4.89. The summed E-state index contributed by atoms with van der Waals surface area (Å²) in [5, 5.41) is 0. The van der Waals surface area contributed by atoms with Crippen LogP contribution in [0.1, 0.15) is 22.3 Å². The first-order chi connectivity index (χ1) is 19.6. The van der Waals surface area contributed by atoms with Crippen molar-refractivity contribution < 1.29 is 13.2 Å². The average Bonchev–Trinajstić information content (AvgIpc) is 3.00. The second-order valence-corrected chi connectivity index (χ2v) is 9.71. The van der Waals surface area contributed by atoms with Gasteiger partial charge in [-0.2, -0.15) is 0 Å². The van der Waals surface area contributed by atoms with Gasteiger partial charge in [-0.05, 0) is 46.0 Å². The smallest absolute Gasteiger partial charge is 0.131 e. The minimum atomic E-state index is -1.03. The fourth-order valence-corrected chi connectivity index (χ4v) is 5.61. The molecule has 0 heterocycles. The van der Waals surface area contributed by atoms with Gasteiger partial charge < -0.3 is 0 Å². The van der Waals surface area contributed by atoms with E-state index < -0.39 is 5.41 Å². The first-order valence-corrected chi connectivity index (χ1v) is 13.1. The standard InChI is InChI=1S/C37H25F3/c38-34-15-7-4-12-31(34)26-18-22-29(23-19-26)37(28-10-2-1-3-11-28,33-14-6-9-17-36(33)40)30-24-20-27(21-25-30)32-13-5-8-16-35(32)39/h1-25H. The van der Waals surface area contributed by atoms with Crippen LogP contribution < -0.4 is 0 Å². The Kier molecular flexibility index (Phi) is 6.79. The molecule has 0 aliphatic rings. The normalized spacial score (nSPS) is 11.4. The largest absolute Gasteiger partial charge is 0.207 e. The summed E-state index contributed by atoms with van der Waals surface area (Å²) in [7, 11) is 0. The van der Waals surface area contributed by atoms with Gasteiger partial charge in [0.2, 0.25) is 0 Å². The van der Waals surface area contributed by atoms with Crippen LogP contribution in [0.25, 0.3) is 22.3 Å². The molecule has 0 saturated heterocycles. The Morgan fingerprint density at radius 2 is 0.700 bits per heavy atom. The first-order valence-electron chi connectivity index (χ1n) is 13.1. The highest BCUT2D eigenvalue weighted by Gasteiger charge is 2.40. The van der Waals surface area contributed by atoms with E-state index in [1.54, 1.807) is 48.5 Å². The molecule has 0 N–H and O–H groups in total. The molecule has 40 heavy (non-hydrogen) atoms. The van der Waals surface area contributed by atoms with Gasteiger partial charge in [-0.1, -0.05) is 133 Å². The van der Waals surface area contributed by atoms with Crippen LogP contribution in [0.3, 0.4) is 0 Å². The number of hydrogen-bond acceptors (Lipinski definition) is 0. The predicted molar refractivity (Wildman–Crippen MR) is 155 cm³/mol. The predicted octanol–water partition coefficient (Wildman–Crippen LogP) is 9.82. The molecule has 194 valence electrons. The number of halogens is 3. The van der Waals surface area contributed by atoms with Crippen molar-refractivity contribution in [3.8, 4) is 22.3 Å². The molecule has 0 saturated carbocycles.